The smallest absolute Gasteiger partial charge is 0.175 e. The van der Waals surface area contributed by atoms with Crippen molar-refractivity contribution in [3.63, 3.8) is 0 Å². The lowest BCUT2D eigenvalue weighted by Gasteiger charge is -2.16. The highest BCUT2D eigenvalue weighted by Gasteiger charge is 2.24. The largest absolute Gasteiger partial charge is 0.360 e. The summed E-state index contributed by atoms with van der Waals surface area (Å²) >= 11 is 1.57. The molecule has 0 bridgehead atoms. The first-order valence-corrected chi connectivity index (χ1v) is 9.91. The lowest BCUT2D eigenvalue weighted by molar-refractivity contribution is 0.102. The van der Waals surface area contributed by atoms with E-state index in [1.807, 2.05) is 30.5 Å². The van der Waals surface area contributed by atoms with E-state index in [9.17, 15) is 4.79 Å². The molecular weight excluding hydrogens is 330 g/mol. The summed E-state index contributed by atoms with van der Waals surface area (Å²) in [4.78, 5) is 20.7. The van der Waals surface area contributed by atoms with Crippen LogP contribution in [0.25, 0.3) is 10.9 Å². The molecule has 2 aromatic heterocycles. The minimum atomic E-state index is 0.152. The van der Waals surface area contributed by atoms with Crippen molar-refractivity contribution in [2.24, 2.45) is 0 Å². The molecular formula is C20H23N3OS. The molecule has 3 aromatic rings. The average Bonchev–Trinajstić information content (AvgIpc) is 3.33. The highest BCUT2D eigenvalue weighted by atomic mass is 32.2. The zero-order valence-corrected chi connectivity index (χ0v) is 15.5. The molecule has 2 heterocycles. The summed E-state index contributed by atoms with van der Waals surface area (Å²) in [6.07, 6.45) is 6.86. The van der Waals surface area contributed by atoms with Crippen LogP contribution in [0.1, 0.15) is 53.5 Å². The Morgan fingerprint density at radius 1 is 1.28 bits per heavy atom. The van der Waals surface area contributed by atoms with Crippen molar-refractivity contribution in [2.45, 2.75) is 50.7 Å². The van der Waals surface area contributed by atoms with Crippen LogP contribution in [-0.2, 0) is 0 Å². The summed E-state index contributed by atoms with van der Waals surface area (Å²) in [6, 6.07) is 8.49. The Hall–Kier alpha value is -2.01. The van der Waals surface area contributed by atoms with Gasteiger partial charge in [0.1, 0.15) is 0 Å². The number of carbonyl (C=O) groups is 1. The Balaban J connectivity index is 1.55. The number of para-hydroxylation sites is 1. The summed E-state index contributed by atoms with van der Waals surface area (Å²) in [5, 5.41) is 2.00. The Morgan fingerprint density at radius 2 is 2.04 bits per heavy atom. The zero-order valence-electron chi connectivity index (χ0n) is 14.7. The van der Waals surface area contributed by atoms with Crippen molar-refractivity contribution in [1.82, 2.24) is 14.5 Å². The van der Waals surface area contributed by atoms with Crippen LogP contribution in [-0.4, -0.2) is 26.1 Å². The first-order chi connectivity index (χ1) is 12.1. The molecule has 1 saturated carbocycles. The number of hydrogen-bond acceptors (Lipinski definition) is 3. The number of rotatable bonds is 5. The second kappa shape index (κ2) is 6.71. The third kappa shape index (κ3) is 3.01. The van der Waals surface area contributed by atoms with E-state index in [2.05, 4.69) is 23.4 Å². The number of aromatic nitrogens is 3. The zero-order chi connectivity index (χ0) is 17.4. The number of nitrogens with zero attached hydrogens (tertiary/aromatic N) is 2. The molecule has 0 atom stereocenters. The molecule has 0 unspecified atom stereocenters. The normalized spacial score (nSPS) is 15.3. The molecule has 1 aliphatic rings. The summed E-state index contributed by atoms with van der Waals surface area (Å²) < 4.78 is 2.37. The molecule has 130 valence electrons. The summed E-state index contributed by atoms with van der Waals surface area (Å²) in [5.74, 6) is 0.573. The highest BCUT2D eigenvalue weighted by molar-refractivity contribution is 7.99. The standard InChI is InChI=1S/C20H23N3OS/c1-13-14(2)23(15-7-3-4-8-15)20(22-13)25-12-19(24)17-11-21-18-10-6-5-9-16(17)18/h5-6,9-11,15,21H,3-4,7-8,12H2,1-2H3. The van der Waals surface area contributed by atoms with Gasteiger partial charge in [-0.05, 0) is 32.8 Å². The quantitative estimate of drug-likeness (QED) is 0.514. The predicted molar refractivity (Wildman–Crippen MR) is 103 cm³/mol. The van der Waals surface area contributed by atoms with Gasteiger partial charge in [-0.2, -0.15) is 0 Å². The van der Waals surface area contributed by atoms with E-state index in [0.29, 0.717) is 11.8 Å². The lowest BCUT2D eigenvalue weighted by Crippen LogP contribution is -2.10. The van der Waals surface area contributed by atoms with Crippen molar-refractivity contribution < 1.29 is 4.79 Å². The number of hydrogen-bond donors (Lipinski definition) is 1. The molecule has 1 aromatic carbocycles. The number of aromatic amines is 1. The molecule has 5 heteroatoms. The molecule has 1 aliphatic carbocycles. The van der Waals surface area contributed by atoms with Crippen LogP contribution in [0.3, 0.4) is 0 Å². The number of imidazole rings is 1. The van der Waals surface area contributed by atoms with Gasteiger partial charge in [-0.1, -0.05) is 42.8 Å². The Labute approximate surface area is 152 Å². The summed E-state index contributed by atoms with van der Waals surface area (Å²) in [6.45, 7) is 4.21. The highest BCUT2D eigenvalue weighted by Crippen LogP contribution is 2.35. The minimum Gasteiger partial charge on any atom is -0.360 e. The van der Waals surface area contributed by atoms with Gasteiger partial charge >= 0.3 is 0 Å². The molecule has 1 N–H and O–H groups in total. The SMILES string of the molecule is Cc1nc(SCC(=O)c2c[nH]c3ccccc23)n(C2CCCC2)c1C. The van der Waals surface area contributed by atoms with E-state index in [4.69, 9.17) is 4.98 Å². The number of ketones is 1. The van der Waals surface area contributed by atoms with Gasteiger partial charge in [0.05, 0.1) is 11.4 Å². The van der Waals surface area contributed by atoms with Crippen LogP contribution in [0.5, 0.6) is 0 Å². The summed E-state index contributed by atoms with van der Waals surface area (Å²) in [5.41, 5.74) is 4.10. The Morgan fingerprint density at radius 3 is 2.84 bits per heavy atom. The van der Waals surface area contributed by atoms with E-state index < -0.39 is 0 Å². The van der Waals surface area contributed by atoms with Gasteiger partial charge in [-0.15, -0.1) is 0 Å². The van der Waals surface area contributed by atoms with Crippen LogP contribution >= 0.6 is 11.8 Å². The van der Waals surface area contributed by atoms with E-state index in [1.165, 1.54) is 31.4 Å². The van der Waals surface area contributed by atoms with E-state index in [-0.39, 0.29) is 5.78 Å². The minimum absolute atomic E-state index is 0.152. The van der Waals surface area contributed by atoms with Gasteiger partial charge in [0, 0.05) is 34.4 Å². The van der Waals surface area contributed by atoms with Gasteiger partial charge < -0.3 is 9.55 Å². The third-order valence-corrected chi connectivity index (χ3v) is 6.22. The van der Waals surface area contributed by atoms with Gasteiger partial charge in [0.25, 0.3) is 0 Å². The molecule has 0 amide bonds. The van der Waals surface area contributed by atoms with Crippen LogP contribution in [0, 0.1) is 13.8 Å². The van der Waals surface area contributed by atoms with E-state index in [1.54, 1.807) is 11.8 Å². The predicted octanol–water partition coefficient (Wildman–Crippen LogP) is 5.07. The average molecular weight is 353 g/mol. The van der Waals surface area contributed by atoms with Crippen LogP contribution in [0.15, 0.2) is 35.6 Å². The molecule has 0 aliphatic heterocycles. The lowest BCUT2D eigenvalue weighted by atomic mass is 10.1. The molecule has 25 heavy (non-hydrogen) atoms. The molecule has 0 saturated heterocycles. The first-order valence-electron chi connectivity index (χ1n) is 8.92. The van der Waals surface area contributed by atoms with Crippen LogP contribution < -0.4 is 0 Å². The molecule has 0 spiro atoms. The Kier molecular flexibility index (Phi) is 4.42. The van der Waals surface area contributed by atoms with E-state index in [0.717, 1.165) is 27.3 Å². The van der Waals surface area contributed by atoms with Gasteiger partial charge in [0.15, 0.2) is 10.9 Å². The topological polar surface area (TPSA) is 50.7 Å². The number of fused-ring (bicyclic) bond motifs is 1. The van der Waals surface area contributed by atoms with Gasteiger partial charge in [-0.25, -0.2) is 4.98 Å². The monoisotopic (exact) mass is 353 g/mol. The van der Waals surface area contributed by atoms with Crippen molar-refractivity contribution in [3.05, 3.63) is 47.4 Å². The first kappa shape index (κ1) is 16.5. The maximum Gasteiger partial charge on any atom is 0.175 e. The van der Waals surface area contributed by atoms with Gasteiger partial charge in [0.2, 0.25) is 0 Å². The number of H-pyrrole nitrogens is 1. The van der Waals surface area contributed by atoms with Crippen molar-refractivity contribution >= 4 is 28.4 Å². The second-order valence-corrected chi connectivity index (χ2v) is 7.78. The number of aryl methyl sites for hydroxylation is 1. The number of nitrogens with one attached hydrogen (secondary N) is 1. The van der Waals surface area contributed by atoms with Crippen LogP contribution in [0.2, 0.25) is 0 Å². The number of Topliss-reactive ketones (excluding diaryl/α,β-unsaturated/α-hetero) is 1. The van der Waals surface area contributed by atoms with Crippen molar-refractivity contribution in [2.75, 3.05) is 5.75 Å². The molecule has 4 rings (SSSR count). The fraction of sp³-hybridized carbons (Fsp3) is 0.400. The summed E-state index contributed by atoms with van der Waals surface area (Å²) in [7, 11) is 0. The second-order valence-electron chi connectivity index (χ2n) is 6.83. The number of benzene rings is 1. The van der Waals surface area contributed by atoms with Crippen molar-refractivity contribution in [1.29, 1.82) is 0 Å². The molecule has 0 radical (unpaired) electrons. The third-order valence-electron chi connectivity index (χ3n) is 5.27. The molecule has 1 fully saturated rings. The fourth-order valence-electron chi connectivity index (χ4n) is 3.80. The van der Waals surface area contributed by atoms with Gasteiger partial charge in [-0.3, -0.25) is 4.79 Å². The molecule has 4 nitrogen and oxygen atoms in total. The number of thioether (sulfide) groups is 1. The maximum absolute atomic E-state index is 12.7. The van der Waals surface area contributed by atoms with Crippen molar-refractivity contribution in [3.8, 4) is 0 Å². The maximum atomic E-state index is 12.7. The van der Waals surface area contributed by atoms with E-state index >= 15 is 0 Å². The Bertz CT molecular complexity index is 918. The van der Waals surface area contributed by atoms with Crippen LogP contribution in [0.4, 0.5) is 0 Å². The fourth-order valence-corrected chi connectivity index (χ4v) is 4.84. The number of carbonyl (C=O) groups excluding carboxylic acids is 1.